The molecule has 0 N–H and O–H groups in total. The summed E-state index contributed by atoms with van der Waals surface area (Å²) in [5.41, 5.74) is 1.13. The average molecular weight is 379 g/mol. The van der Waals surface area contributed by atoms with Crippen molar-refractivity contribution < 1.29 is 17.9 Å². The van der Waals surface area contributed by atoms with Crippen LogP contribution in [0.3, 0.4) is 0 Å². The number of fused-ring (bicyclic) bond motifs is 1. The summed E-state index contributed by atoms with van der Waals surface area (Å²) in [4.78, 5) is 2.24. The third kappa shape index (κ3) is 3.27. The van der Waals surface area contributed by atoms with Gasteiger partial charge in [0.2, 0.25) is 0 Å². The molecule has 2 aromatic rings. The molecule has 0 bridgehead atoms. The lowest BCUT2D eigenvalue weighted by Gasteiger charge is -2.33. The smallest absolute Gasteiger partial charge is 0.261 e. The fourth-order valence-corrected chi connectivity index (χ4v) is 4.68. The topological polar surface area (TPSA) is 89.8 Å². The predicted octanol–water partition coefficient (Wildman–Crippen LogP) is 0.0928. The molecule has 2 aliphatic rings. The summed E-state index contributed by atoms with van der Waals surface area (Å²) in [6.07, 6.45) is 1.29. The Kier molecular flexibility index (Phi) is 4.55. The van der Waals surface area contributed by atoms with Crippen molar-refractivity contribution in [2.75, 3.05) is 39.4 Å². The summed E-state index contributed by atoms with van der Waals surface area (Å²) < 4.78 is 39.3. The zero-order chi connectivity index (χ0) is 18.1. The number of aryl methyl sites for hydroxylation is 1. The molecule has 0 amide bonds. The van der Waals surface area contributed by atoms with Crippen LogP contribution in [0.4, 0.5) is 0 Å². The molecule has 1 aromatic carbocycles. The third-order valence-electron chi connectivity index (χ3n) is 4.62. The minimum Gasteiger partial charge on any atom is -0.486 e. The number of hydrogen-bond donors (Lipinski definition) is 0. The first-order valence-corrected chi connectivity index (χ1v) is 9.94. The van der Waals surface area contributed by atoms with Gasteiger partial charge in [0.15, 0.2) is 16.5 Å². The number of piperazine rings is 1. The molecule has 0 saturated carbocycles. The first-order valence-electron chi connectivity index (χ1n) is 8.50. The van der Waals surface area contributed by atoms with Gasteiger partial charge in [-0.3, -0.25) is 4.90 Å². The van der Waals surface area contributed by atoms with Crippen LogP contribution < -0.4 is 9.47 Å². The molecule has 26 heavy (non-hydrogen) atoms. The number of ether oxygens (including phenoxy) is 2. The van der Waals surface area contributed by atoms with Crippen LogP contribution in [0.5, 0.6) is 11.5 Å². The molecule has 0 aliphatic carbocycles. The van der Waals surface area contributed by atoms with Crippen molar-refractivity contribution in [3.63, 3.8) is 0 Å². The second-order valence-corrected chi connectivity index (χ2v) is 8.24. The minimum absolute atomic E-state index is 0.123. The summed E-state index contributed by atoms with van der Waals surface area (Å²) >= 11 is 0. The Bertz CT molecular complexity index is 890. The number of aromatic nitrogens is 3. The highest BCUT2D eigenvalue weighted by Crippen LogP contribution is 2.31. The maximum atomic E-state index is 12.7. The van der Waals surface area contributed by atoms with Crippen LogP contribution in [0.25, 0.3) is 0 Å². The Morgan fingerprint density at radius 1 is 1.08 bits per heavy atom. The Hall–Kier alpha value is -2.17. The van der Waals surface area contributed by atoms with E-state index in [0.717, 1.165) is 23.6 Å². The van der Waals surface area contributed by atoms with Crippen LogP contribution in [0.15, 0.2) is 29.4 Å². The number of sulfonamides is 1. The van der Waals surface area contributed by atoms with Crippen molar-refractivity contribution in [1.29, 1.82) is 0 Å². The molecule has 0 atom stereocenters. The van der Waals surface area contributed by atoms with E-state index in [4.69, 9.17) is 9.47 Å². The lowest BCUT2D eigenvalue weighted by atomic mass is 10.1. The van der Waals surface area contributed by atoms with Gasteiger partial charge in [0.05, 0.1) is 6.20 Å². The average Bonchev–Trinajstić information content (AvgIpc) is 3.09. The molecular weight excluding hydrogens is 358 g/mol. The van der Waals surface area contributed by atoms with Crippen molar-refractivity contribution in [3.05, 3.63) is 30.0 Å². The SMILES string of the molecule is Cn1nncc1S(=O)(=O)N1CCN(Cc2ccc3c(c2)OCCO3)CC1. The zero-order valence-electron chi connectivity index (χ0n) is 14.5. The quantitative estimate of drug-likeness (QED) is 0.744. The van der Waals surface area contributed by atoms with E-state index < -0.39 is 10.0 Å². The van der Waals surface area contributed by atoms with E-state index in [0.29, 0.717) is 39.4 Å². The van der Waals surface area contributed by atoms with Gasteiger partial charge in [0.25, 0.3) is 10.0 Å². The van der Waals surface area contributed by atoms with Gasteiger partial charge in [-0.1, -0.05) is 11.3 Å². The van der Waals surface area contributed by atoms with Crippen LogP contribution in [0.1, 0.15) is 5.56 Å². The summed E-state index contributed by atoms with van der Waals surface area (Å²) in [6, 6.07) is 5.96. The fraction of sp³-hybridized carbons (Fsp3) is 0.500. The first-order chi connectivity index (χ1) is 12.5. The standard InChI is InChI=1S/C16H21N5O4S/c1-19-16(11-17-18-19)26(22,23)21-6-4-20(5-7-21)12-13-2-3-14-15(10-13)25-9-8-24-14/h2-3,10-11H,4-9,12H2,1H3. The van der Waals surface area contributed by atoms with Crippen molar-refractivity contribution >= 4 is 10.0 Å². The van der Waals surface area contributed by atoms with Gasteiger partial charge in [-0.25, -0.2) is 13.1 Å². The van der Waals surface area contributed by atoms with Gasteiger partial charge < -0.3 is 9.47 Å². The van der Waals surface area contributed by atoms with Crippen molar-refractivity contribution in [1.82, 2.24) is 24.2 Å². The molecule has 3 heterocycles. The highest BCUT2D eigenvalue weighted by atomic mass is 32.2. The molecular formula is C16H21N5O4S. The van der Waals surface area contributed by atoms with Crippen LogP contribution >= 0.6 is 0 Å². The van der Waals surface area contributed by atoms with Gasteiger partial charge in [0.1, 0.15) is 13.2 Å². The van der Waals surface area contributed by atoms with E-state index in [1.54, 1.807) is 7.05 Å². The van der Waals surface area contributed by atoms with Crippen LogP contribution in [-0.4, -0.2) is 72.0 Å². The molecule has 1 aromatic heterocycles. The lowest BCUT2D eigenvalue weighted by Crippen LogP contribution is -2.48. The normalized spacial score (nSPS) is 18.8. The molecule has 10 heteroatoms. The van der Waals surface area contributed by atoms with Crippen LogP contribution in [0, 0.1) is 0 Å². The number of benzene rings is 1. The van der Waals surface area contributed by atoms with E-state index in [2.05, 4.69) is 15.2 Å². The molecule has 0 radical (unpaired) electrons. The Morgan fingerprint density at radius 2 is 1.81 bits per heavy atom. The summed E-state index contributed by atoms with van der Waals surface area (Å²) in [6.45, 7) is 4.11. The summed E-state index contributed by atoms with van der Waals surface area (Å²) in [5, 5.41) is 7.50. The largest absolute Gasteiger partial charge is 0.486 e. The maximum Gasteiger partial charge on any atom is 0.261 e. The van der Waals surface area contributed by atoms with Crippen molar-refractivity contribution in [2.24, 2.45) is 7.05 Å². The van der Waals surface area contributed by atoms with Gasteiger partial charge in [-0.2, -0.15) is 4.31 Å². The third-order valence-corrected chi connectivity index (χ3v) is 6.56. The van der Waals surface area contributed by atoms with E-state index >= 15 is 0 Å². The van der Waals surface area contributed by atoms with E-state index in [1.165, 1.54) is 15.2 Å². The maximum absolute atomic E-state index is 12.7. The number of rotatable bonds is 4. The molecule has 0 unspecified atom stereocenters. The van der Waals surface area contributed by atoms with E-state index in [-0.39, 0.29) is 5.03 Å². The molecule has 9 nitrogen and oxygen atoms in total. The highest BCUT2D eigenvalue weighted by molar-refractivity contribution is 7.89. The summed E-state index contributed by atoms with van der Waals surface area (Å²) in [7, 11) is -1.97. The highest BCUT2D eigenvalue weighted by Gasteiger charge is 2.31. The molecule has 0 spiro atoms. The number of nitrogens with zero attached hydrogens (tertiary/aromatic N) is 5. The second-order valence-electron chi connectivity index (χ2n) is 6.35. The molecule has 4 rings (SSSR count). The Morgan fingerprint density at radius 3 is 2.50 bits per heavy atom. The van der Waals surface area contributed by atoms with Gasteiger partial charge in [-0.15, -0.1) is 5.10 Å². The Balaban J connectivity index is 1.39. The molecule has 1 saturated heterocycles. The molecule has 2 aliphatic heterocycles. The predicted molar refractivity (Wildman–Crippen MR) is 92.5 cm³/mol. The minimum atomic E-state index is -3.55. The van der Waals surface area contributed by atoms with Crippen LogP contribution in [-0.2, 0) is 23.6 Å². The van der Waals surface area contributed by atoms with Crippen molar-refractivity contribution in [3.8, 4) is 11.5 Å². The second kappa shape index (κ2) is 6.86. The van der Waals surface area contributed by atoms with Gasteiger partial charge in [0, 0.05) is 39.8 Å². The lowest BCUT2D eigenvalue weighted by molar-refractivity contribution is 0.168. The van der Waals surface area contributed by atoms with E-state index in [1.807, 2.05) is 18.2 Å². The van der Waals surface area contributed by atoms with Gasteiger partial charge in [-0.05, 0) is 17.7 Å². The van der Waals surface area contributed by atoms with E-state index in [9.17, 15) is 8.42 Å². The first kappa shape index (κ1) is 17.3. The molecule has 140 valence electrons. The number of hydrogen-bond acceptors (Lipinski definition) is 7. The van der Waals surface area contributed by atoms with Gasteiger partial charge >= 0.3 is 0 Å². The monoisotopic (exact) mass is 379 g/mol. The summed E-state index contributed by atoms with van der Waals surface area (Å²) in [5.74, 6) is 1.55. The zero-order valence-corrected chi connectivity index (χ0v) is 15.4. The van der Waals surface area contributed by atoms with Crippen molar-refractivity contribution in [2.45, 2.75) is 11.6 Å². The molecule has 1 fully saturated rings. The Labute approximate surface area is 152 Å². The fourth-order valence-electron chi connectivity index (χ4n) is 3.22. The van der Waals surface area contributed by atoms with Crippen LogP contribution in [0.2, 0.25) is 0 Å².